The van der Waals surface area contributed by atoms with Gasteiger partial charge in [-0.3, -0.25) is 4.79 Å². The van der Waals surface area contributed by atoms with Gasteiger partial charge in [-0.1, -0.05) is 12.1 Å². The molecule has 1 aromatic carbocycles. The zero-order valence-electron chi connectivity index (χ0n) is 15.0. The number of anilines is 1. The molecule has 0 spiro atoms. The Labute approximate surface area is 166 Å². The fourth-order valence-electron chi connectivity index (χ4n) is 2.58. The van der Waals surface area contributed by atoms with Gasteiger partial charge in [0.05, 0.1) is 5.69 Å². The van der Waals surface area contributed by atoms with Crippen LogP contribution >= 0.6 is 24.0 Å². The molecule has 140 valence electrons. The Bertz CT molecular complexity index is 588. The number of benzene rings is 1. The molecule has 8 heteroatoms. The summed E-state index contributed by atoms with van der Waals surface area (Å²) >= 11 is 0. The number of hydrogen-bond acceptors (Lipinski definition) is 3. The van der Waals surface area contributed by atoms with E-state index in [4.69, 9.17) is 0 Å². The Kier molecular flexibility index (Phi) is 8.95. The first-order valence-corrected chi connectivity index (χ1v) is 8.25. The highest BCUT2D eigenvalue weighted by Crippen LogP contribution is 2.20. The van der Waals surface area contributed by atoms with Gasteiger partial charge in [0.25, 0.3) is 0 Å². The maximum absolute atomic E-state index is 13.9. The van der Waals surface area contributed by atoms with Crippen LogP contribution in [0.4, 0.5) is 10.1 Å². The Balaban J connectivity index is 0.00000312. The first kappa shape index (κ1) is 21.5. The highest BCUT2D eigenvalue weighted by molar-refractivity contribution is 14.0. The molecule has 25 heavy (non-hydrogen) atoms. The lowest BCUT2D eigenvalue weighted by atomic mass is 10.2. The number of carbonyl (C=O) groups excluding carboxylic acids is 1. The lowest BCUT2D eigenvalue weighted by Crippen LogP contribution is -2.53. The van der Waals surface area contributed by atoms with Crippen LogP contribution in [0.1, 0.15) is 6.92 Å². The van der Waals surface area contributed by atoms with Crippen LogP contribution in [0.2, 0.25) is 0 Å². The number of guanidine groups is 1. The van der Waals surface area contributed by atoms with Gasteiger partial charge in [-0.2, -0.15) is 0 Å². The number of piperazine rings is 1. The van der Waals surface area contributed by atoms with Crippen molar-refractivity contribution in [3.8, 4) is 0 Å². The Hall–Kier alpha value is -1.58. The van der Waals surface area contributed by atoms with Gasteiger partial charge < -0.3 is 20.0 Å². The number of carbonyl (C=O) groups is 1. The molecule has 1 aliphatic heterocycles. The van der Waals surface area contributed by atoms with E-state index in [1.165, 1.54) is 11.0 Å². The maximum atomic E-state index is 13.9. The molecule has 0 radical (unpaired) electrons. The second-order valence-electron chi connectivity index (χ2n) is 5.88. The van der Waals surface area contributed by atoms with Crippen LogP contribution in [-0.2, 0) is 4.79 Å². The normalized spacial score (nSPS) is 14.8. The lowest BCUT2D eigenvalue weighted by Gasteiger charge is -2.37. The van der Waals surface area contributed by atoms with E-state index in [1.54, 1.807) is 26.2 Å². The molecule has 0 bridgehead atoms. The number of para-hydroxylation sites is 1. The molecule has 1 N–H and O–H groups in total. The van der Waals surface area contributed by atoms with Gasteiger partial charge in [-0.25, -0.2) is 9.38 Å². The summed E-state index contributed by atoms with van der Waals surface area (Å²) < 4.78 is 13.9. The molecular formula is C17H27FIN5O. The number of aliphatic imine (C=N–C) groups is 1. The molecular weight excluding hydrogens is 436 g/mol. The molecule has 2 rings (SSSR count). The third kappa shape index (κ3) is 6.02. The molecule has 1 saturated heterocycles. The van der Waals surface area contributed by atoms with E-state index in [0.717, 1.165) is 25.6 Å². The zero-order chi connectivity index (χ0) is 17.5. The van der Waals surface area contributed by atoms with Crippen molar-refractivity contribution in [2.75, 3.05) is 58.3 Å². The van der Waals surface area contributed by atoms with Gasteiger partial charge in [0.15, 0.2) is 5.96 Å². The summed E-state index contributed by atoms with van der Waals surface area (Å²) in [7, 11) is 3.44. The molecule has 1 aromatic rings. The van der Waals surface area contributed by atoms with E-state index in [-0.39, 0.29) is 42.2 Å². The Morgan fingerprint density at radius 1 is 1.24 bits per heavy atom. The SMILES string of the molecule is CCNC(=NCC(=O)N(C)C)N1CCN(c2ccccc2F)CC1.I. The Morgan fingerprint density at radius 3 is 2.44 bits per heavy atom. The average Bonchev–Trinajstić information content (AvgIpc) is 2.59. The molecule has 0 atom stereocenters. The van der Waals surface area contributed by atoms with Crippen molar-refractivity contribution in [1.82, 2.24) is 15.1 Å². The van der Waals surface area contributed by atoms with Gasteiger partial charge in [-0.15, -0.1) is 24.0 Å². The van der Waals surface area contributed by atoms with Crippen molar-refractivity contribution in [3.63, 3.8) is 0 Å². The minimum absolute atomic E-state index is 0. The van der Waals surface area contributed by atoms with Crippen molar-refractivity contribution < 1.29 is 9.18 Å². The second-order valence-corrected chi connectivity index (χ2v) is 5.88. The topological polar surface area (TPSA) is 51.2 Å². The first-order chi connectivity index (χ1) is 11.5. The van der Waals surface area contributed by atoms with Crippen molar-refractivity contribution in [2.24, 2.45) is 4.99 Å². The van der Waals surface area contributed by atoms with Crippen LogP contribution in [0.15, 0.2) is 29.3 Å². The number of halogens is 2. The number of rotatable bonds is 4. The molecule has 0 saturated carbocycles. The molecule has 1 fully saturated rings. The van der Waals surface area contributed by atoms with Gasteiger partial charge in [0, 0.05) is 46.8 Å². The van der Waals surface area contributed by atoms with Gasteiger partial charge in [0.1, 0.15) is 12.4 Å². The van der Waals surface area contributed by atoms with Crippen molar-refractivity contribution in [1.29, 1.82) is 0 Å². The van der Waals surface area contributed by atoms with Crippen LogP contribution < -0.4 is 10.2 Å². The largest absolute Gasteiger partial charge is 0.366 e. The van der Waals surface area contributed by atoms with Crippen LogP contribution in [-0.4, -0.2) is 75.0 Å². The fraction of sp³-hybridized carbons (Fsp3) is 0.529. The number of nitrogens with one attached hydrogen (secondary N) is 1. The summed E-state index contributed by atoms with van der Waals surface area (Å²) in [4.78, 5) is 21.8. The minimum atomic E-state index is -0.192. The number of nitrogens with zero attached hydrogens (tertiary/aromatic N) is 4. The predicted octanol–water partition coefficient (Wildman–Crippen LogP) is 1.62. The quantitative estimate of drug-likeness (QED) is 0.419. The first-order valence-electron chi connectivity index (χ1n) is 8.25. The van der Waals surface area contributed by atoms with E-state index < -0.39 is 0 Å². The van der Waals surface area contributed by atoms with Crippen molar-refractivity contribution >= 4 is 41.5 Å². The monoisotopic (exact) mass is 463 g/mol. The van der Waals surface area contributed by atoms with E-state index >= 15 is 0 Å². The summed E-state index contributed by atoms with van der Waals surface area (Å²) in [6, 6.07) is 6.84. The Morgan fingerprint density at radius 2 is 1.88 bits per heavy atom. The average molecular weight is 463 g/mol. The molecule has 0 unspecified atom stereocenters. The summed E-state index contributed by atoms with van der Waals surface area (Å²) in [6.07, 6.45) is 0. The predicted molar refractivity (Wildman–Crippen MR) is 110 cm³/mol. The summed E-state index contributed by atoms with van der Waals surface area (Å²) in [5.41, 5.74) is 0.641. The second kappa shape index (κ2) is 10.4. The molecule has 0 aliphatic carbocycles. The molecule has 6 nitrogen and oxygen atoms in total. The number of amides is 1. The third-order valence-corrected chi connectivity index (χ3v) is 3.97. The van der Waals surface area contributed by atoms with E-state index in [9.17, 15) is 9.18 Å². The highest BCUT2D eigenvalue weighted by atomic mass is 127. The zero-order valence-corrected chi connectivity index (χ0v) is 17.4. The summed E-state index contributed by atoms with van der Waals surface area (Å²) in [5.74, 6) is 0.513. The molecule has 1 aliphatic rings. The smallest absolute Gasteiger partial charge is 0.243 e. The van der Waals surface area contributed by atoms with Gasteiger partial charge >= 0.3 is 0 Å². The maximum Gasteiger partial charge on any atom is 0.243 e. The number of hydrogen-bond donors (Lipinski definition) is 1. The fourth-order valence-corrected chi connectivity index (χ4v) is 2.58. The molecule has 1 heterocycles. The van der Waals surface area contributed by atoms with E-state index in [1.807, 2.05) is 17.9 Å². The van der Waals surface area contributed by atoms with E-state index in [2.05, 4.69) is 15.2 Å². The van der Waals surface area contributed by atoms with Crippen LogP contribution in [0.5, 0.6) is 0 Å². The van der Waals surface area contributed by atoms with E-state index in [0.29, 0.717) is 18.8 Å². The van der Waals surface area contributed by atoms with Gasteiger partial charge in [-0.05, 0) is 19.1 Å². The summed E-state index contributed by atoms with van der Waals surface area (Å²) in [6.45, 7) is 5.76. The van der Waals surface area contributed by atoms with Crippen molar-refractivity contribution in [2.45, 2.75) is 6.92 Å². The number of likely N-dealkylation sites (N-methyl/N-ethyl adjacent to an activating group) is 1. The van der Waals surface area contributed by atoms with Crippen LogP contribution in [0.25, 0.3) is 0 Å². The summed E-state index contributed by atoms with van der Waals surface area (Å²) in [5, 5.41) is 3.23. The molecule has 0 aromatic heterocycles. The minimum Gasteiger partial charge on any atom is -0.366 e. The van der Waals surface area contributed by atoms with Crippen LogP contribution in [0, 0.1) is 5.82 Å². The molecule has 1 amide bonds. The standard InChI is InChI=1S/C17H26FN5O.HI/c1-4-19-17(20-13-16(24)21(2)3)23-11-9-22(10-12-23)15-8-6-5-7-14(15)18;/h5-8H,4,9-13H2,1-3H3,(H,19,20);1H. The van der Waals surface area contributed by atoms with Gasteiger partial charge in [0.2, 0.25) is 5.91 Å². The van der Waals surface area contributed by atoms with Crippen molar-refractivity contribution in [3.05, 3.63) is 30.1 Å². The highest BCUT2D eigenvalue weighted by Gasteiger charge is 2.21. The third-order valence-electron chi connectivity index (χ3n) is 3.97. The lowest BCUT2D eigenvalue weighted by molar-refractivity contribution is -0.127. The van der Waals surface area contributed by atoms with Crippen LogP contribution in [0.3, 0.4) is 0 Å².